The smallest absolute Gasteiger partial charge is 1.00 e. The van der Waals surface area contributed by atoms with Gasteiger partial charge in [0.25, 0.3) is 6.04 Å². The second kappa shape index (κ2) is 51.8. The second-order valence-electron chi connectivity index (χ2n) is 24.6. The molecule has 0 spiro atoms. The van der Waals surface area contributed by atoms with Gasteiger partial charge in [-0.15, -0.1) is 0 Å². The van der Waals surface area contributed by atoms with Gasteiger partial charge in [0.05, 0.1) is 31.2 Å². The molecule has 0 saturated carbocycles. The molecule has 0 radical (unpaired) electrons. The van der Waals surface area contributed by atoms with Crippen LogP contribution < -0.4 is 93.2 Å². The number of rotatable bonds is 15. The number of hydrogen-bond acceptors (Lipinski definition) is 2. The Morgan fingerprint density at radius 1 is 0.304 bits per heavy atom. The molecule has 0 N–H and O–H groups in total. The molecule has 115 heavy (non-hydrogen) atoms. The van der Waals surface area contributed by atoms with Gasteiger partial charge in [-0.3, -0.25) is 4.98 Å². The Kier molecular flexibility index (Phi) is 41.6. The van der Waals surface area contributed by atoms with Gasteiger partial charge in [-0.05, 0) is 182 Å². The van der Waals surface area contributed by atoms with Crippen LogP contribution in [0.1, 0.15) is 29.9 Å². The molecule has 0 fully saturated rings. The van der Waals surface area contributed by atoms with Crippen LogP contribution in [0, 0.1) is 20.1 Å². The zero-order valence-electron chi connectivity index (χ0n) is 64.0. The van der Waals surface area contributed by atoms with Crippen LogP contribution in [0.15, 0.2) is 446 Å². The third kappa shape index (κ3) is 29.5. The fourth-order valence-electron chi connectivity index (χ4n) is 11.5. The summed E-state index contributed by atoms with van der Waals surface area (Å²) in [5.41, 5.74) is 3.04. The van der Waals surface area contributed by atoms with Gasteiger partial charge in [-0.25, -0.2) is 18.1 Å². The minimum absolute atomic E-state index is 0. The van der Waals surface area contributed by atoms with Crippen molar-refractivity contribution in [3.63, 3.8) is 0 Å². The molecule has 1 unspecified atom stereocenters. The van der Waals surface area contributed by atoms with E-state index >= 15 is 0 Å². The van der Waals surface area contributed by atoms with Gasteiger partial charge in [-0.1, -0.05) is 429 Å². The van der Waals surface area contributed by atoms with Crippen molar-refractivity contribution in [2.45, 2.75) is 19.5 Å². The normalized spacial score (nSPS) is 10.4. The summed E-state index contributed by atoms with van der Waals surface area (Å²) in [6, 6.07) is 147. The van der Waals surface area contributed by atoms with Gasteiger partial charge < -0.3 is 11.1 Å². The molecule has 0 aliphatic heterocycles. The fourth-order valence-corrected chi connectivity index (χ4v) is 22.3. The molecule has 14 aromatic carbocycles. The summed E-state index contributed by atoms with van der Waals surface area (Å²) >= 11 is 30.3. The van der Waals surface area contributed by atoms with E-state index in [-0.39, 0.29) is 58.0 Å². The third-order valence-electron chi connectivity index (χ3n) is 16.8. The molecule has 1 atom stereocenters. The molecule has 0 amide bonds. The Labute approximate surface area is 757 Å². The largest absolute Gasteiger partial charge is 1.00 e. The third-order valence-corrected chi connectivity index (χ3v) is 28.9. The standard InChI is InChI=1S/4C18H15P.C14H10Cl2N2.C8H5Cl2N.C5H3Br2N.Na.Pd.H/c4*1-4-10-16(11-5-1)19(17-12-6-2-7-13-17)18-14-8-3-9-15-18;1-9-6-7-12(18-8-9)14(17-2)13-10(15)4-3-5-11(13)16;1-11-5-6-7(9)3-2-4-8(6)10;6-4-1-2-5(7)8-3-4;;;/h4*1-15H;3-8,14H,1H3;2-4H,5H2;1-3H;;;/q;;;;;;;+1;;-1. The van der Waals surface area contributed by atoms with E-state index in [0.29, 0.717) is 36.9 Å². The van der Waals surface area contributed by atoms with Crippen LogP contribution in [-0.2, 0) is 27.0 Å². The molecule has 0 aliphatic carbocycles. The maximum Gasteiger partial charge on any atom is 1.00 e. The van der Waals surface area contributed by atoms with Crippen molar-refractivity contribution in [2.75, 3.05) is 0 Å². The summed E-state index contributed by atoms with van der Waals surface area (Å²) in [4.78, 5) is 15.0. The average Bonchev–Trinajstić information content (AvgIpc) is 0.837. The van der Waals surface area contributed by atoms with Crippen molar-refractivity contribution in [2.24, 2.45) is 0 Å². The SMILES string of the molecule is Brc1ccc(Br)nc1.[C-]#[N+]C(c1ccc(C)cn1)c1c(Cl)cccc1Cl.[C-]#[N+]Cc1c(Cl)cccc1Cl.[H-].[Na+].[Pd].c1ccc(P(c2ccccc2)c2ccccc2)cc1.c1ccc(P(c2ccccc2)c2ccccc2)cc1.c1ccc(P(c2ccccc2)c2ccccc2)cc1.c1ccc(P(c2ccccc2)c2ccccc2)cc1. The van der Waals surface area contributed by atoms with E-state index in [1.54, 1.807) is 48.8 Å². The average molecular weight is 1880 g/mol. The van der Waals surface area contributed by atoms with Gasteiger partial charge in [0.2, 0.25) is 6.54 Å². The van der Waals surface area contributed by atoms with E-state index in [4.69, 9.17) is 59.5 Å². The second-order valence-corrected chi connectivity index (χ2v) is 36.8. The molecule has 16 rings (SSSR count). The summed E-state index contributed by atoms with van der Waals surface area (Å²) in [5.74, 6) is 0. The van der Waals surface area contributed by atoms with Crippen LogP contribution in [0.4, 0.5) is 0 Å². The van der Waals surface area contributed by atoms with Crippen LogP contribution in [0.5, 0.6) is 0 Å². The van der Waals surface area contributed by atoms with Crippen LogP contribution in [0.2, 0.25) is 20.1 Å². The zero-order chi connectivity index (χ0) is 79.0. The van der Waals surface area contributed by atoms with E-state index in [1.807, 2.05) is 31.2 Å². The van der Waals surface area contributed by atoms with Crippen molar-refractivity contribution < 1.29 is 51.4 Å². The first-order valence-electron chi connectivity index (χ1n) is 36.0. The molecular weight excluding hydrogens is 1800 g/mol. The maximum absolute atomic E-state index is 7.35. The minimum atomic E-state index is -0.563. The quantitative estimate of drug-likeness (QED) is 0.0444. The van der Waals surface area contributed by atoms with Crippen LogP contribution in [0.3, 0.4) is 0 Å². The zero-order valence-corrected chi connectivity index (χ0v) is 76.3. The van der Waals surface area contributed by atoms with Crippen molar-refractivity contribution in [3.05, 3.63) is 511 Å². The molecule has 2 heterocycles. The van der Waals surface area contributed by atoms with E-state index in [9.17, 15) is 0 Å². The molecule has 4 nitrogen and oxygen atoms in total. The van der Waals surface area contributed by atoms with Gasteiger partial charge in [0.15, 0.2) is 0 Å². The molecule has 0 saturated heterocycles. The summed E-state index contributed by atoms with van der Waals surface area (Å²) < 4.78 is 1.86. The number of pyridine rings is 2. The number of nitrogens with zero attached hydrogens (tertiary/aromatic N) is 4. The van der Waals surface area contributed by atoms with Crippen molar-refractivity contribution >= 4 is 174 Å². The van der Waals surface area contributed by atoms with E-state index in [2.05, 4.69) is 415 Å². The van der Waals surface area contributed by atoms with Gasteiger partial charge >= 0.3 is 29.6 Å². The van der Waals surface area contributed by atoms with E-state index in [0.717, 1.165) is 14.6 Å². The predicted octanol–water partition coefficient (Wildman–Crippen LogP) is 21.6. The maximum atomic E-state index is 7.35. The van der Waals surface area contributed by atoms with E-state index < -0.39 is 37.7 Å². The van der Waals surface area contributed by atoms with Crippen molar-refractivity contribution in [1.82, 2.24) is 9.97 Å². The molecule has 16 aromatic rings. The molecule has 16 heteroatoms. The first-order valence-corrected chi connectivity index (χ1v) is 44.5. The first-order chi connectivity index (χ1) is 55.5. The summed E-state index contributed by atoms with van der Waals surface area (Å²) in [7, 11) is -1.78. The topological polar surface area (TPSA) is 34.5 Å². The van der Waals surface area contributed by atoms with E-state index in [1.165, 1.54) is 63.7 Å². The molecule has 0 aliphatic rings. The van der Waals surface area contributed by atoms with Crippen LogP contribution >= 0.6 is 110 Å². The number of aromatic nitrogens is 2. The Hall–Kier alpha value is -8.14. The summed E-state index contributed by atoms with van der Waals surface area (Å²) in [6.45, 7) is 16.2. The first kappa shape index (κ1) is 92.4. The van der Waals surface area contributed by atoms with Gasteiger partial charge in [0, 0.05) is 37.3 Å². The Balaban J connectivity index is 0.000000189. The predicted molar refractivity (Wildman–Crippen MR) is 502 cm³/mol. The van der Waals surface area contributed by atoms with Gasteiger partial charge in [0.1, 0.15) is 10.3 Å². The number of halogens is 6. The minimum Gasteiger partial charge on any atom is -1.00 e. The summed E-state index contributed by atoms with van der Waals surface area (Å²) in [5, 5.41) is 18.9. The number of aryl methyl sites for hydroxylation is 1. The number of hydrogen-bond donors (Lipinski definition) is 0. The monoisotopic (exact) mass is 1870 g/mol. The van der Waals surface area contributed by atoms with Crippen LogP contribution in [-0.4, -0.2) is 9.97 Å². The Morgan fingerprint density at radius 3 is 0.722 bits per heavy atom. The molecule has 2 aromatic heterocycles. The van der Waals surface area contributed by atoms with Gasteiger partial charge in [-0.2, -0.15) is 0 Å². The van der Waals surface area contributed by atoms with Crippen molar-refractivity contribution in [3.8, 4) is 0 Å². The molecular formula is C99H79Br2Cl4N4NaP4Pd. The molecule has 0 bridgehead atoms. The number of benzene rings is 14. The fraction of sp³-hybridized carbons (Fsp3) is 0.0303. The van der Waals surface area contributed by atoms with Crippen LogP contribution in [0.25, 0.3) is 9.69 Å². The Bertz CT molecular complexity index is 4570. The molecule has 568 valence electrons. The Morgan fingerprint density at radius 2 is 0.539 bits per heavy atom. The van der Waals surface area contributed by atoms with Crippen molar-refractivity contribution in [1.29, 1.82) is 0 Å². The summed E-state index contributed by atoms with van der Waals surface area (Å²) in [6.07, 6.45) is 3.47.